The average molecular weight is 579 g/mol. The lowest BCUT2D eigenvalue weighted by Crippen LogP contribution is -2.69. The van der Waals surface area contributed by atoms with E-state index < -0.39 is 17.1 Å². The highest BCUT2D eigenvalue weighted by atomic mass is 16.6. The van der Waals surface area contributed by atoms with Crippen molar-refractivity contribution in [2.75, 3.05) is 7.11 Å². The van der Waals surface area contributed by atoms with E-state index in [1.54, 1.807) is 7.11 Å². The van der Waals surface area contributed by atoms with Crippen LogP contribution < -0.4 is 9.47 Å². The van der Waals surface area contributed by atoms with Crippen LogP contribution in [0.1, 0.15) is 134 Å². The highest BCUT2D eigenvalue weighted by Gasteiger charge is 2.72. The quantitative estimate of drug-likeness (QED) is 0.114. The van der Waals surface area contributed by atoms with Gasteiger partial charge < -0.3 is 19.3 Å². The average Bonchev–Trinajstić information content (AvgIpc) is 3.34. The number of rotatable bonds is 17. The van der Waals surface area contributed by atoms with Gasteiger partial charge in [0, 0.05) is 12.0 Å². The van der Waals surface area contributed by atoms with E-state index in [0.29, 0.717) is 30.3 Å². The third-order valence-corrected chi connectivity index (χ3v) is 10.8. The van der Waals surface area contributed by atoms with Crippen molar-refractivity contribution in [2.24, 2.45) is 11.8 Å². The molecule has 1 heterocycles. The molecule has 1 N–H and O–H groups in total. The third kappa shape index (κ3) is 5.92. The van der Waals surface area contributed by atoms with Crippen LogP contribution in [0.25, 0.3) is 0 Å². The smallest absolute Gasteiger partial charge is 0.310 e. The number of hydrogen-bond donors (Lipinski definition) is 1. The van der Waals surface area contributed by atoms with Crippen molar-refractivity contribution >= 4 is 5.97 Å². The number of hydrogen-bond acceptors (Lipinski definition) is 5. The van der Waals surface area contributed by atoms with E-state index in [-0.39, 0.29) is 11.9 Å². The number of carbonyl (C=O) groups excluding carboxylic acids is 1. The number of carbonyl (C=O) groups is 1. The second kappa shape index (κ2) is 14.0. The molecule has 1 aromatic carbocycles. The highest BCUT2D eigenvalue weighted by molar-refractivity contribution is 5.71. The zero-order chi connectivity index (χ0) is 29.6. The molecule has 1 saturated carbocycles. The summed E-state index contributed by atoms with van der Waals surface area (Å²) in [5.74, 6) is 2.40. The molecular formula is C37H54O5. The van der Waals surface area contributed by atoms with Crippen molar-refractivity contribution < 1.29 is 24.1 Å². The van der Waals surface area contributed by atoms with E-state index in [1.165, 1.54) is 63.4 Å². The Labute approximate surface area is 254 Å². The minimum atomic E-state index is -0.903. The van der Waals surface area contributed by atoms with Gasteiger partial charge in [-0.25, -0.2) is 0 Å². The summed E-state index contributed by atoms with van der Waals surface area (Å²) in [6.45, 7) is 4.53. The van der Waals surface area contributed by atoms with Gasteiger partial charge in [0.2, 0.25) is 0 Å². The van der Waals surface area contributed by atoms with E-state index in [1.807, 2.05) is 12.1 Å². The Morgan fingerprint density at radius 2 is 1.71 bits per heavy atom. The molecule has 5 rings (SSSR count). The van der Waals surface area contributed by atoms with E-state index in [0.717, 1.165) is 56.3 Å². The van der Waals surface area contributed by atoms with Gasteiger partial charge >= 0.3 is 5.97 Å². The van der Waals surface area contributed by atoms with Gasteiger partial charge in [-0.1, -0.05) is 83.4 Å². The summed E-state index contributed by atoms with van der Waals surface area (Å²) in [5, 5.41) is 12.3. The molecule has 232 valence electrons. The first-order chi connectivity index (χ1) is 20.5. The van der Waals surface area contributed by atoms with Gasteiger partial charge in [-0.05, 0) is 87.3 Å². The van der Waals surface area contributed by atoms with E-state index >= 15 is 0 Å². The highest BCUT2D eigenvalue weighted by Crippen LogP contribution is 2.68. The van der Waals surface area contributed by atoms with Crippen molar-refractivity contribution in [3.8, 4) is 11.5 Å². The van der Waals surface area contributed by atoms with Crippen molar-refractivity contribution in [1.82, 2.24) is 0 Å². The van der Waals surface area contributed by atoms with Crippen LogP contribution in [0.15, 0.2) is 36.1 Å². The molecule has 42 heavy (non-hydrogen) atoms. The van der Waals surface area contributed by atoms with Crippen LogP contribution in [-0.4, -0.2) is 29.9 Å². The van der Waals surface area contributed by atoms with E-state index in [2.05, 4.69) is 32.1 Å². The number of aliphatic hydroxyl groups is 1. The third-order valence-electron chi connectivity index (χ3n) is 10.8. The summed E-state index contributed by atoms with van der Waals surface area (Å²) < 4.78 is 18.3. The number of allylic oxidation sites excluding steroid dienone is 2. The summed E-state index contributed by atoms with van der Waals surface area (Å²) in [6.07, 6.45) is 25.8. The summed E-state index contributed by atoms with van der Waals surface area (Å²) in [5.41, 5.74) is 0.848. The topological polar surface area (TPSA) is 65.0 Å². The molecule has 0 saturated heterocycles. The molecule has 2 bridgehead atoms. The van der Waals surface area contributed by atoms with Crippen molar-refractivity contribution in [1.29, 1.82) is 0 Å². The Balaban J connectivity index is 1.07. The van der Waals surface area contributed by atoms with Crippen LogP contribution in [0.4, 0.5) is 0 Å². The normalized spacial score (nSPS) is 28.8. The molecular weight excluding hydrogens is 524 g/mol. The molecule has 3 aliphatic carbocycles. The maximum atomic E-state index is 13.0. The molecule has 1 spiro atoms. The fourth-order valence-electron chi connectivity index (χ4n) is 8.49. The van der Waals surface area contributed by atoms with Gasteiger partial charge in [0.1, 0.15) is 5.76 Å². The van der Waals surface area contributed by atoms with Crippen LogP contribution in [0.5, 0.6) is 11.5 Å². The summed E-state index contributed by atoms with van der Waals surface area (Å²) >= 11 is 0. The molecule has 4 aliphatic rings. The molecule has 1 aromatic rings. The zero-order valence-corrected chi connectivity index (χ0v) is 26.4. The minimum Gasteiger partial charge on any atom is -0.493 e. The van der Waals surface area contributed by atoms with Crippen LogP contribution in [-0.2, 0) is 21.4 Å². The first kappa shape index (κ1) is 31.2. The van der Waals surface area contributed by atoms with Crippen molar-refractivity contribution in [3.63, 3.8) is 0 Å². The summed E-state index contributed by atoms with van der Waals surface area (Å²) in [4.78, 5) is 13.0. The Morgan fingerprint density at radius 1 is 1.02 bits per heavy atom. The van der Waals surface area contributed by atoms with Gasteiger partial charge in [0.05, 0.1) is 18.1 Å². The Hall–Kier alpha value is -2.27. The maximum Gasteiger partial charge on any atom is 0.310 e. The maximum absolute atomic E-state index is 13.0. The fourth-order valence-corrected chi connectivity index (χ4v) is 8.49. The summed E-state index contributed by atoms with van der Waals surface area (Å²) in [7, 11) is 1.66. The van der Waals surface area contributed by atoms with Crippen LogP contribution in [0.3, 0.4) is 0 Å². The number of ether oxygens (including phenoxy) is 3. The van der Waals surface area contributed by atoms with Crippen LogP contribution in [0.2, 0.25) is 0 Å². The number of benzene rings is 1. The predicted molar refractivity (Wildman–Crippen MR) is 168 cm³/mol. The van der Waals surface area contributed by atoms with Crippen LogP contribution >= 0.6 is 0 Å². The van der Waals surface area contributed by atoms with Crippen molar-refractivity contribution in [2.45, 2.75) is 147 Å². The standard InChI is InChI=1S/C37H54O5/c1-4-5-6-7-8-9-10-11-12-13-14-15-16-17-18-19-32(38)41-31-23-25-37(39)29-26-28-20-21-30(40-3)34-33(28)36(37,35(31)42-34)24-22-27(29)2/h11-12,20-21,23,27,29,35,39H,4-10,13-19,22,24-26H2,1-3H3/b12-11-/t27?,29-,35-,36-,37+/m0/s1. The molecule has 1 aliphatic heterocycles. The molecule has 1 unspecified atom stereocenters. The van der Waals surface area contributed by atoms with Gasteiger partial charge in [0.15, 0.2) is 17.6 Å². The molecule has 5 heteroatoms. The Morgan fingerprint density at radius 3 is 2.43 bits per heavy atom. The lowest BCUT2D eigenvalue weighted by molar-refractivity contribution is -0.170. The van der Waals surface area contributed by atoms with Gasteiger partial charge in [-0.15, -0.1) is 0 Å². The van der Waals surface area contributed by atoms with Gasteiger partial charge in [0.25, 0.3) is 0 Å². The first-order valence-corrected chi connectivity index (χ1v) is 17.1. The molecule has 5 atom stereocenters. The van der Waals surface area contributed by atoms with Gasteiger partial charge in [-0.3, -0.25) is 4.79 Å². The molecule has 0 amide bonds. The molecule has 0 aromatic heterocycles. The van der Waals surface area contributed by atoms with Gasteiger partial charge in [-0.2, -0.15) is 0 Å². The fraction of sp³-hybridized carbons (Fsp3) is 0.703. The number of methoxy groups -OCH3 is 1. The molecule has 0 radical (unpaired) electrons. The second-order valence-electron chi connectivity index (χ2n) is 13.5. The Kier molecular flexibility index (Phi) is 10.4. The van der Waals surface area contributed by atoms with Crippen molar-refractivity contribution in [3.05, 3.63) is 47.2 Å². The Bertz CT molecular complexity index is 1140. The van der Waals surface area contributed by atoms with E-state index in [4.69, 9.17) is 14.2 Å². The minimum absolute atomic E-state index is 0.161. The predicted octanol–water partition coefficient (Wildman–Crippen LogP) is 8.90. The molecule has 1 fully saturated rings. The largest absolute Gasteiger partial charge is 0.493 e. The lowest BCUT2D eigenvalue weighted by Gasteiger charge is -2.61. The number of unbranched alkanes of at least 4 members (excludes halogenated alkanes) is 11. The SMILES string of the molecule is CCCCCCCC/C=C\CCCCCCCC(=O)OC1=CC[C@@]2(O)[C@H]3Cc4ccc(OC)c5c4[C@@]2(CCC3C)[C@H]1O5. The second-order valence-corrected chi connectivity index (χ2v) is 13.5. The first-order valence-electron chi connectivity index (χ1n) is 17.1. The monoisotopic (exact) mass is 578 g/mol. The van der Waals surface area contributed by atoms with E-state index in [9.17, 15) is 9.90 Å². The molecule has 5 nitrogen and oxygen atoms in total. The van der Waals surface area contributed by atoms with Crippen LogP contribution in [0, 0.1) is 11.8 Å². The zero-order valence-electron chi connectivity index (χ0n) is 26.4. The lowest BCUT2D eigenvalue weighted by atomic mass is 9.45. The summed E-state index contributed by atoms with van der Waals surface area (Å²) in [6, 6.07) is 4.13. The number of esters is 1.